The molecule has 0 radical (unpaired) electrons. The van der Waals surface area contributed by atoms with Gasteiger partial charge in [0.2, 0.25) is 0 Å². The number of β-amino-alcohol motifs (C(OH)–C–C–N with tert-alkyl or cyclic N) is 1. The van der Waals surface area contributed by atoms with Gasteiger partial charge in [-0.05, 0) is 42.2 Å². The maximum absolute atomic E-state index is 11.6. The van der Waals surface area contributed by atoms with E-state index >= 15 is 0 Å². The van der Waals surface area contributed by atoms with Gasteiger partial charge in [-0.3, -0.25) is 15.0 Å². The minimum Gasteiger partial charge on any atom is -0.395 e. The first-order valence-corrected chi connectivity index (χ1v) is 12.1. The van der Waals surface area contributed by atoms with E-state index in [2.05, 4.69) is 15.3 Å². The second kappa shape index (κ2) is 12.2. The number of rotatable bonds is 10. The molecule has 5 N–H and O–H groups in total. The molecule has 11 heteroatoms. The van der Waals surface area contributed by atoms with E-state index in [1.165, 1.54) is 6.07 Å². The highest BCUT2D eigenvalue weighted by Crippen LogP contribution is 2.29. The molecule has 2 aromatic carbocycles. The lowest BCUT2D eigenvalue weighted by molar-refractivity contribution is -0.383. The summed E-state index contributed by atoms with van der Waals surface area (Å²) in [4.78, 5) is 21.3. The zero-order valence-electron chi connectivity index (χ0n) is 20.2. The Hall–Kier alpha value is -3.48. The number of piperidine rings is 1. The molecule has 37 heavy (non-hydrogen) atoms. The predicted molar refractivity (Wildman–Crippen MR) is 137 cm³/mol. The van der Waals surface area contributed by atoms with Gasteiger partial charge in [-0.15, -0.1) is 0 Å². The zero-order chi connectivity index (χ0) is 26.4. The summed E-state index contributed by atoms with van der Waals surface area (Å²) in [5, 5.41) is 54.3. The Morgan fingerprint density at radius 1 is 1.00 bits per heavy atom. The Bertz CT molecular complexity index is 1180. The van der Waals surface area contributed by atoms with Crippen molar-refractivity contribution in [2.75, 3.05) is 31.6 Å². The number of nitrogens with one attached hydrogen (secondary N) is 1. The molecule has 11 nitrogen and oxygen atoms in total. The molecule has 3 aromatic rings. The molecular formula is C26H31N5O6. The van der Waals surface area contributed by atoms with Crippen molar-refractivity contribution in [1.29, 1.82) is 0 Å². The van der Waals surface area contributed by atoms with Gasteiger partial charge in [0.25, 0.3) is 5.69 Å². The van der Waals surface area contributed by atoms with E-state index in [9.17, 15) is 30.5 Å². The molecule has 0 aliphatic carbocycles. The number of aromatic nitrogens is 2. The molecule has 0 unspecified atom stereocenters. The minimum absolute atomic E-state index is 0.0399. The summed E-state index contributed by atoms with van der Waals surface area (Å²) in [6.07, 6.45) is 0.952. The van der Waals surface area contributed by atoms with Crippen molar-refractivity contribution < 1.29 is 25.3 Å². The monoisotopic (exact) mass is 509 g/mol. The van der Waals surface area contributed by atoms with Crippen LogP contribution in [0.4, 0.5) is 11.4 Å². The molecule has 2 heterocycles. The van der Waals surface area contributed by atoms with Gasteiger partial charge >= 0.3 is 0 Å². The molecule has 0 amide bonds. The molecule has 1 saturated heterocycles. The van der Waals surface area contributed by atoms with Crippen molar-refractivity contribution in [2.24, 2.45) is 0 Å². The normalized spacial score (nSPS) is 22.1. The van der Waals surface area contributed by atoms with Crippen LogP contribution >= 0.6 is 0 Å². The fourth-order valence-electron chi connectivity index (χ4n) is 4.54. The summed E-state index contributed by atoms with van der Waals surface area (Å²) in [5.41, 5.74) is 3.08. The van der Waals surface area contributed by atoms with E-state index in [4.69, 9.17) is 0 Å². The van der Waals surface area contributed by atoms with Crippen LogP contribution in [0.3, 0.4) is 0 Å². The second-order valence-corrected chi connectivity index (χ2v) is 9.10. The molecule has 196 valence electrons. The lowest BCUT2D eigenvalue weighted by Gasteiger charge is -2.43. The highest BCUT2D eigenvalue weighted by molar-refractivity contribution is 5.70. The Morgan fingerprint density at radius 2 is 1.68 bits per heavy atom. The minimum atomic E-state index is -1.27. The summed E-state index contributed by atoms with van der Waals surface area (Å²) in [6.45, 7) is 0.891. The SMILES string of the molecule is O=[N+]([O-])c1cc(-c2ncccn2)ccc1NCCc1ccc(CCN2C[C@H](O)[C@@H](O)[C@H](O)[C@H]2CO)cc1. The highest BCUT2D eigenvalue weighted by Gasteiger charge is 2.40. The van der Waals surface area contributed by atoms with Crippen LogP contribution in [0.25, 0.3) is 11.4 Å². The predicted octanol–water partition coefficient (Wildman–Crippen LogP) is 1.01. The molecule has 1 aliphatic heterocycles. The topological polar surface area (TPSA) is 165 Å². The van der Waals surface area contributed by atoms with Crippen LogP contribution in [0.2, 0.25) is 0 Å². The van der Waals surface area contributed by atoms with E-state index in [1.54, 1.807) is 35.5 Å². The lowest BCUT2D eigenvalue weighted by Crippen LogP contribution is -2.62. The number of anilines is 1. The Morgan fingerprint density at radius 3 is 2.32 bits per heavy atom. The summed E-state index contributed by atoms with van der Waals surface area (Å²) >= 11 is 0. The van der Waals surface area contributed by atoms with Crippen LogP contribution in [0.1, 0.15) is 11.1 Å². The van der Waals surface area contributed by atoms with Gasteiger partial charge in [0.1, 0.15) is 17.9 Å². The molecule has 1 aliphatic rings. The van der Waals surface area contributed by atoms with Gasteiger partial charge in [-0.2, -0.15) is 0 Å². The number of aliphatic hydroxyl groups excluding tert-OH is 4. The first-order chi connectivity index (χ1) is 17.9. The number of nitrogens with zero attached hydrogens (tertiary/aromatic N) is 4. The Kier molecular flexibility index (Phi) is 8.74. The van der Waals surface area contributed by atoms with Crippen LogP contribution in [0.15, 0.2) is 60.9 Å². The molecule has 0 bridgehead atoms. The first kappa shape index (κ1) is 26.6. The molecule has 1 fully saturated rings. The van der Waals surface area contributed by atoms with Gasteiger partial charge in [0, 0.05) is 43.7 Å². The average molecular weight is 510 g/mol. The van der Waals surface area contributed by atoms with Crippen molar-refractivity contribution in [2.45, 2.75) is 37.2 Å². The number of benzene rings is 2. The maximum atomic E-state index is 11.6. The fourth-order valence-corrected chi connectivity index (χ4v) is 4.54. The van der Waals surface area contributed by atoms with Gasteiger partial charge in [-0.1, -0.05) is 24.3 Å². The van der Waals surface area contributed by atoms with Gasteiger partial charge in [0.05, 0.1) is 23.7 Å². The van der Waals surface area contributed by atoms with Gasteiger partial charge in [-0.25, -0.2) is 9.97 Å². The van der Waals surface area contributed by atoms with E-state index in [-0.39, 0.29) is 18.8 Å². The second-order valence-electron chi connectivity index (χ2n) is 9.10. The zero-order valence-corrected chi connectivity index (χ0v) is 20.2. The van der Waals surface area contributed by atoms with Crippen molar-refractivity contribution in [1.82, 2.24) is 14.9 Å². The van der Waals surface area contributed by atoms with Crippen molar-refractivity contribution in [3.05, 3.63) is 82.2 Å². The lowest BCUT2D eigenvalue weighted by atomic mass is 9.93. The summed E-state index contributed by atoms with van der Waals surface area (Å²) in [5.74, 6) is 0.425. The van der Waals surface area contributed by atoms with E-state index in [0.29, 0.717) is 43.0 Å². The largest absolute Gasteiger partial charge is 0.395 e. The number of nitro groups is 1. The third-order valence-electron chi connectivity index (χ3n) is 6.67. The van der Waals surface area contributed by atoms with E-state index in [0.717, 1.165) is 11.1 Å². The number of hydrogen-bond acceptors (Lipinski definition) is 10. The molecule has 4 rings (SSSR count). The number of likely N-dealkylation sites (tertiary alicyclic amines) is 1. The highest BCUT2D eigenvalue weighted by atomic mass is 16.6. The van der Waals surface area contributed by atoms with Crippen LogP contribution < -0.4 is 5.32 Å². The third kappa shape index (κ3) is 6.45. The van der Waals surface area contributed by atoms with Gasteiger partial charge < -0.3 is 25.7 Å². The van der Waals surface area contributed by atoms with E-state index < -0.39 is 29.3 Å². The average Bonchev–Trinajstić information content (AvgIpc) is 2.92. The summed E-state index contributed by atoms with van der Waals surface area (Å²) in [6, 6.07) is 13.9. The number of aliphatic hydroxyl groups is 4. The summed E-state index contributed by atoms with van der Waals surface area (Å²) < 4.78 is 0. The van der Waals surface area contributed by atoms with Crippen molar-refractivity contribution >= 4 is 11.4 Å². The van der Waals surface area contributed by atoms with Crippen LogP contribution in [-0.2, 0) is 12.8 Å². The smallest absolute Gasteiger partial charge is 0.293 e. The maximum Gasteiger partial charge on any atom is 0.293 e. The van der Waals surface area contributed by atoms with Crippen molar-refractivity contribution in [3.63, 3.8) is 0 Å². The van der Waals surface area contributed by atoms with Gasteiger partial charge in [0.15, 0.2) is 5.82 Å². The standard InChI is InChI=1S/C26H31N5O6/c32-16-22-24(34)25(35)23(33)15-30(22)13-9-18-4-2-17(3-5-18)8-12-27-20-7-6-19(14-21(20)31(36)37)26-28-10-1-11-29-26/h1-7,10-11,14,22-25,27,32-35H,8-9,12-13,15-16H2/t22-,23+,24-,25-/m1/s1. The molecule has 1 aromatic heterocycles. The summed E-state index contributed by atoms with van der Waals surface area (Å²) in [7, 11) is 0. The fraction of sp³-hybridized carbons (Fsp3) is 0.385. The molecule has 0 saturated carbocycles. The van der Waals surface area contributed by atoms with Crippen LogP contribution in [0, 0.1) is 10.1 Å². The Labute approximate surface area is 214 Å². The first-order valence-electron chi connectivity index (χ1n) is 12.1. The van der Waals surface area contributed by atoms with Crippen molar-refractivity contribution in [3.8, 4) is 11.4 Å². The van der Waals surface area contributed by atoms with Crippen LogP contribution in [0.5, 0.6) is 0 Å². The Balaban J connectivity index is 1.31. The number of nitro benzene ring substituents is 1. The van der Waals surface area contributed by atoms with E-state index in [1.807, 2.05) is 24.3 Å². The third-order valence-corrected chi connectivity index (χ3v) is 6.67. The quantitative estimate of drug-likeness (QED) is 0.197. The molecule has 4 atom stereocenters. The molecule has 0 spiro atoms. The van der Waals surface area contributed by atoms with Crippen LogP contribution in [-0.4, -0.2) is 90.8 Å². The number of hydrogen-bond donors (Lipinski definition) is 5. The molecular weight excluding hydrogens is 478 g/mol.